The first-order valence-electron chi connectivity index (χ1n) is 8.43. The van der Waals surface area contributed by atoms with Gasteiger partial charge < -0.3 is 4.52 Å². The maximum absolute atomic E-state index is 12.8. The molecule has 1 aromatic carbocycles. The minimum atomic E-state index is -4.37. The third-order valence-corrected chi connectivity index (χ3v) is 4.07. The molecule has 9 heteroatoms. The van der Waals surface area contributed by atoms with E-state index in [1.54, 1.807) is 10.7 Å². The first-order valence-corrected chi connectivity index (χ1v) is 8.43. The van der Waals surface area contributed by atoms with E-state index < -0.39 is 11.7 Å². The number of aromatic nitrogens is 4. The molecule has 0 radical (unpaired) electrons. The van der Waals surface area contributed by atoms with Crippen LogP contribution in [0.2, 0.25) is 0 Å². The van der Waals surface area contributed by atoms with E-state index in [-0.39, 0.29) is 6.42 Å². The molecule has 2 aromatic heterocycles. The van der Waals surface area contributed by atoms with E-state index in [2.05, 4.69) is 15.2 Å². The molecule has 0 unspecified atom stereocenters. The summed E-state index contributed by atoms with van der Waals surface area (Å²) >= 11 is 0. The molecule has 0 fully saturated rings. The molecule has 0 amide bonds. The highest BCUT2D eigenvalue weighted by Gasteiger charge is 2.30. The molecule has 2 heterocycles. The van der Waals surface area contributed by atoms with Gasteiger partial charge in [0.1, 0.15) is 0 Å². The summed E-state index contributed by atoms with van der Waals surface area (Å²) in [4.78, 5) is 6.32. The monoisotopic (exact) mass is 379 g/mol. The minimum Gasteiger partial charge on any atom is -0.338 e. The van der Waals surface area contributed by atoms with E-state index in [1.165, 1.54) is 6.07 Å². The van der Waals surface area contributed by atoms with Crippen molar-refractivity contribution in [2.45, 2.75) is 25.6 Å². The van der Waals surface area contributed by atoms with Crippen LogP contribution in [-0.4, -0.2) is 38.4 Å². The lowest BCUT2D eigenvalue weighted by atomic mass is 10.1. The molecule has 0 aliphatic carbocycles. The van der Waals surface area contributed by atoms with Crippen molar-refractivity contribution < 1.29 is 17.7 Å². The summed E-state index contributed by atoms with van der Waals surface area (Å²) in [6, 6.07) is 5.15. The predicted molar refractivity (Wildman–Crippen MR) is 91.8 cm³/mol. The topological polar surface area (TPSA) is 60.0 Å². The van der Waals surface area contributed by atoms with Gasteiger partial charge in [-0.25, -0.2) is 0 Å². The van der Waals surface area contributed by atoms with Gasteiger partial charge in [-0.2, -0.15) is 23.3 Å². The molecule has 0 saturated carbocycles. The van der Waals surface area contributed by atoms with Crippen molar-refractivity contribution in [3.63, 3.8) is 0 Å². The van der Waals surface area contributed by atoms with Crippen molar-refractivity contribution in [1.82, 2.24) is 24.8 Å². The Labute approximate surface area is 154 Å². The Morgan fingerprint density at radius 2 is 2.04 bits per heavy atom. The third kappa shape index (κ3) is 5.40. The van der Waals surface area contributed by atoms with Gasteiger partial charge in [-0.05, 0) is 30.7 Å². The lowest BCUT2D eigenvalue weighted by Crippen LogP contribution is -2.20. The molecule has 144 valence electrons. The minimum absolute atomic E-state index is 0.187. The highest BCUT2D eigenvalue weighted by molar-refractivity contribution is 5.27. The van der Waals surface area contributed by atoms with Gasteiger partial charge in [-0.15, -0.1) is 0 Å². The van der Waals surface area contributed by atoms with E-state index >= 15 is 0 Å². The Hall–Kier alpha value is -2.68. The highest BCUT2D eigenvalue weighted by Crippen LogP contribution is 2.29. The molecule has 0 aliphatic rings. The average molecular weight is 379 g/mol. The van der Waals surface area contributed by atoms with Gasteiger partial charge in [0.2, 0.25) is 5.89 Å². The molecule has 0 N–H and O–H groups in total. The fourth-order valence-electron chi connectivity index (χ4n) is 2.70. The van der Waals surface area contributed by atoms with Crippen molar-refractivity contribution in [2.75, 3.05) is 13.6 Å². The smallest absolute Gasteiger partial charge is 0.338 e. The number of aryl methyl sites for hydroxylation is 1. The van der Waals surface area contributed by atoms with Crippen LogP contribution in [0.4, 0.5) is 13.2 Å². The molecule has 27 heavy (non-hydrogen) atoms. The summed E-state index contributed by atoms with van der Waals surface area (Å²) in [6.07, 6.45) is 0.458. The number of rotatable bonds is 7. The molecule has 0 bridgehead atoms. The van der Waals surface area contributed by atoms with Crippen LogP contribution in [0.5, 0.6) is 0 Å². The summed E-state index contributed by atoms with van der Waals surface area (Å²) in [5.74, 6) is 0.802. The summed E-state index contributed by atoms with van der Waals surface area (Å²) < 4.78 is 45.3. The first kappa shape index (κ1) is 19.1. The number of likely N-dealkylation sites (N-methyl/N-ethyl adjacent to an activating group) is 1. The fraction of sp³-hybridized carbons (Fsp3) is 0.389. The molecule has 3 rings (SSSR count). The van der Waals surface area contributed by atoms with Crippen LogP contribution in [0.3, 0.4) is 0 Å². The maximum atomic E-state index is 12.8. The fourth-order valence-corrected chi connectivity index (χ4v) is 2.70. The third-order valence-electron chi connectivity index (χ3n) is 4.07. The van der Waals surface area contributed by atoms with Crippen LogP contribution in [-0.2, 0) is 32.6 Å². The average Bonchev–Trinajstić information content (AvgIpc) is 3.21. The summed E-state index contributed by atoms with van der Waals surface area (Å²) in [6.45, 7) is 1.26. The van der Waals surface area contributed by atoms with Gasteiger partial charge in [0.25, 0.3) is 0 Å². The van der Waals surface area contributed by atoms with Gasteiger partial charge in [-0.1, -0.05) is 23.4 Å². The van der Waals surface area contributed by atoms with Gasteiger partial charge in [-0.3, -0.25) is 9.58 Å². The van der Waals surface area contributed by atoms with Crippen LogP contribution in [0.25, 0.3) is 0 Å². The molecule has 3 aromatic rings. The largest absolute Gasteiger partial charge is 0.416 e. The molecular formula is C18H20F3N5O. The predicted octanol–water partition coefficient (Wildman–Crippen LogP) is 3.09. The van der Waals surface area contributed by atoms with Crippen LogP contribution >= 0.6 is 0 Å². The normalized spacial score (nSPS) is 12.1. The SMILES string of the molecule is CN(CCc1cnn(C)c1)Cc1nc(Cc2cccc(C(F)(F)F)c2)no1. The molecule has 0 aliphatic heterocycles. The van der Waals surface area contributed by atoms with E-state index in [0.29, 0.717) is 23.8 Å². The highest BCUT2D eigenvalue weighted by atomic mass is 19.4. The van der Waals surface area contributed by atoms with E-state index in [0.717, 1.165) is 30.7 Å². The van der Waals surface area contributed by atoms with Gasteiger partial charge >= 0.3 is 6.18 Å². The Morgan fingerprint density at radius 3 is 2.74 bits per heavy atom. The standard InChI is InChI=1S/C18H20F3N5O/c1-25(7-6-14-10-22-26(2)11-14)12-17-23-16(24-27-17)9-13-4-3-5-15(8-13)18(19,20)21/h3-5,8,10-11H,6-7,9,12H2,1-2H3. The Kier molecular flexibility index (Phi) is 5.59. The number of alkyl halides is 3. The van der Waals surface area contributed by atoms with Gasteiger partial charge in [0, 0.05) is 26.2 Å². The number of benzene rings is 1. The lowest BCUT2D eigenvalue weighted by Gasteiger charge is -2.12. The van der Waals surface area contributed by atoms with Crippen LogP contribution < -0.4 is 0 Å². The number of hydrogen-bond donors (Lipinski definition) is 0. The number of nitrogens with zero attached hydrogens (tertiary/aromatic N) is 5. The molecular weight excluding hydrogens is 359 g/mol. The molecule has 0 spiro atoms. The lowest BCUT2D eigenvalue weighted by molar-refractivity contribution is -0.137. The second-order valence-corrected chi connectivity index (χ2v) is 6.49. The van der Waals surface area contributed by atoms with Crippen LogP contribution in [0, 0.1) is 0 Å². The first-order chi connectivity index (χ1) is 12.8. The quantitative estimate of drug-likeness (QED) is 0.631. The van der Waals surface area contributed by atoms with Crippen LogP contribution in [0.15, 0.2) is 41.2 Å². The zero-order chi connectivity index (χ0) is 19.4. The molecule has 0 atom stereocenters. The second-order valence-electron chi connectivity index (χ2n) is 6.49. The van der Waals surface area contributed by atoms with E-state index in [1.807, 2.05) is 31.4 Å². The van der Waals surface area contributed by atoms with Gasteiger partial charge in [0.05, 0.1) is 18.3 Å². The zero-order valence-corrected chi connectivity index (χ0v) is 15.1. The summed E-state index contributed by atoms with van der Waals surface area (Å²) in [5, 5.41) is 8.00. The van der Waals surface area contributed by atoms with E-state index in [4.69, 9.17) is 4.52 Å². The maximum Gasteiger partial charge on any atom is 0.416 e. The summed E-state index contributed by atoms with van der Waals surface area (Å²) in [5.41, 5.74) is 0.945. The zero-order valence-electron chi connectivity index (χ0n) is 15.1. The Morgan fingerprint density at radius 1 is 1.22 bits per heavy atom. The van der Waals surface area contributed by atoms with Crippen LogP contribution in [0.1, 0.15) is 28.4 Å². The van der Waals surface area contributed by atoms with Crippen molar-refractivity contribution >= 4 is 0 Å². The van der Waals surface area contributed by atoms with Crippen molar-refractivity contribution in [1.29, 1.82) is 0 Å². The van der Waals surface area contributed by atoms with Crippen molar-refractivity contribution in [2.24, 2.45) is 7.05 Å². The molecule has 6 nitrogen and oxygen atoms in total. The molecule has 0 saturated heterocycles. The Bertz CT molecular complexity index is 887. The Balaban J connectivity index is 1.55. The summed E-state index contributed by atoms with van der Waals surface area (Å²) in [7, 11) is 3.81. The number of halogens is 3. The van der Waals surface area contributed by atoms with Crippen molar-refractivity contribution in [3.8, 4) is 0 Å². The second kappa shape index (κ2) is 7.91. The number of hydrogen-bond acceptors (Lipinski definition) is 5. The van der Waals surface area contributed by atoms with Gasteiger partial charge in [0.15, 0.2) is 5.82 Å². The van der Waals surface area contributed by atoms with Crippen molar-refractivity contribution in [3.05, 3.63) is 65.1 Å². The van der Waals surface area contributed by atoms with E-state index in [9.17, 15) is 13.2 Å².